The summed E-state index contributed by atoms with van der Waals surface area (Å²) in [5.41, 5.74) is 3.66. The number of amides is 3. The van der Waals surface area contributed by atoms with Gasteiger partial charge in [0.2, 0.25) is 16.7 Å². The van der Waals surface area contributed by atoms with E-state index in [0.29, 0.717) is 6.54 Å². The molecule has 0 radical (unpaired) electrons. The first-order valence-corrected chi connectivity index (χ1v) is 9.70. The highest BCUT2D eigenvalue weighted by Crippen LogP contribution is 2.55. The zero-order valence-corrected chi connectivity index (χ0v) is 17.2. The molecule has 8 heteroatoms. The second-order valence-corrected chi connectivity index (χ2v) is 8.56. The number of rotatable bonds is 2. The zero-order chi connectivity index (χ0) is 20.1. The van der Waals surface area contributed by atoms with Gasteiger partial charge in [0.1, 0.15) is 0 Å². The second-order valence-electron chi connectivity index (χ2n) is 7.38. The Labute approximate surface area is 163 Å². The van der Waals surface area contributed by atoms with Crippen LogP contribution in [0.2, 0.25) is 0 Å². The molecule has 2 aliphatic rings. The topological polar surface area (TPSA) is 82.1 Å². The molecule has 2 heterocycles. The predicted molar refractivity (Wildman–Crippen MR) is 106 cm³/mol. The van der Waals surface area contributed by atoms with Crippen molar-refractivity contribution in [2.24, 2.45) is 11.0 Å². The molecule has 0 bridgehead atoms. The first kappa shape index (κ1) is 19.4. The van der Waals surface area contributed by atoms with Crippen LogP contribution in [-0.2, 0) is 19.3 Å². The van der Waals surface area contributed by atoms with Gasteiger partial charge in [-0.3, -0.25) is 14.4 Å². The van der Waals surface area contributed by atoms with Gasteiger partial charge in [-0.05, 0) is 42.7 Å². The molecule has 1 atom stereocenters. The van der Waals surface area contributed by atoms with E-state index in [9.17, 15) is 14.4 Å². The van der Waals surface area contributed by atoms with Gasteiger partial charge in [-0.1, -0.05) is 26.0 Å². The Kier molecular flexibility index (Phi) is 4.80. The molecule has 0 fully saturated rings. The predicted octanol–water partition coefficient (Wildman–Crippen LogP) is 2.46. The highest BCUT2D eigenvalue weighted by molar-refractivity contribution is 8.15. The van der Waals surface area contributed by atoms with Gasteiger partial charge in [-0.2, -0.15) is 5.01 Å². The number of carbonyl (C=O) groups is 3. The lowest BCUT2D eigenvalue weighted by molar-refractivity contribution is -0.139. The van der Waals surface area contributed by atoms with E-state index in [4.69, 9.17) is 0 Å². The third-order valence-electron chi connectivity index (χ3n) is 4.73. The molecule has 3 rings (SSSR count). The van der Waals surface area contributed by atoms with Gasteiger partial charge in [0.15, 0.2) is 5.17 Å². The molecule has 27 heavy (non-hydrogen) atoms. The summed E-state index contributed by atoms with van der Waals surface area (Å²) >= 11 is 1.11. The fourth-order valence-electron chi connectivity index (χ4n) is 3.52. The minimum Gasteiger partial charge on any atom is -0.308 e. The molecule has 1 spiro atoms. The lowest BCUT2D eigenvalue weighted by Crippen LogP contribution is -2.49. The fraction of sp³-hybridized carbons (Fsp3) is 0.474. The van der Waals surface area contributed by atoms with Gasteiger partial charge in [-0.15, -0.1) is 5.10 Å². The number of nitrogens with zero attached hydrogens (tertiary/aromatic N) is 3. The molecule has 1 aromatic carbocycles. The van der Waals surface area contributed by atoms with Crippen molar-refractivity contribution in [2.75, 3.05) is 11.4 Å². The Hall–Kier alpha value is -2.35. The maximum atomic E-state index is 13.7. The fourth-order valence-corrected chi connectivity index (χ4v) is 4.85. The van der Waals surface area contributed by atoms with E-state index in [2.05, 4.69) is 10.4 Å². The van der Waals surface area contributed by atoms with Gasteiger partial charge in [0, 0.05) is 26.0 Å². The summed E-state index contributed by atoms with van der Waals surface area (Å²) in [6.45, 7) is 11.4. The van der Waals surface area contributed by atoms with Crippen molar-refractivity contribution in [2.45, 2.75) is 46.4 Å². The molecule has 1 unspecified atom stereocenters. The summed E-state index contributed by atoms with van der Waals surface area (Å²) in [7, 11) is 0. The van der Waals surface area contributed by atoms with Crippen molar-refractivity contribution in [3.63, 3.8) is 0 Å². The molecule has 0 saturated heterocycles. The molecule has 7 nitrogen and oxygen atoms in total. The van der Waals surface area contributed by atoms with Crippen LogP contribution in [0.1, 0.15) is 44.4 Å². The Bertz CT molecular complexity index is 880. The third kappa shape index (κ3) is 2.92. The minimum atomic E-state index is -1.31. The number of hydrogen-bond donors (Lipinski definition) is 1. The normalized spacial score (nSPS) is 21.1. The van der Waals surface area contributed by atoms with Crippen LogP contribution < -0.4 is 10.2 Å². The number of anilines is 1. The molecule has 1 aromatic rings. The highest BCUT2D eigenvalue weighted by Gasteiger charge is 2.61. The van der Waals surface area contributed by atoms with Crippen LogP contribution in [0.4, 0.5) is 5.69 Å². The summed E-state index contributed by atoms with van der Waals surface area (Å²) in [5.74, 6) is -0.604. The van der Waals surface area contributed by atoms with E-state index in [1.54, 1.807) is 4.90 Å². The number of carbonyl (C=O) groups excluding carboxylic acids is 3. The van der Waals surface area contributed by atoms with Gasteiger partial charge in [-0.25, -0.2) is 0 Å². The van der Waals surface area contributed by atoms with E-state index in [0.717, 1.165) is 34.1 Å². The van der Waals surface area contributed by atoms with Crippen molar-refractivity contribution in [3.05, 3.63) is 28.8 Å². The summed E-state index contributed by atoms with van der Waals surface area (Å²) in [5, 5.41) is 8.34. The van der Waals surface area contributed by atoms with Crippen LogP contribution in [0.5, 0.6) is 0 Å². The van der Waals surface area contributed by atoms with Crippen LogP contribution in [0.25, 0.3) is 0 Å². The third-order valence-corrected chi connectivity index (χ3v) is 5.97. The number of hydrogen-bond acceptors (Lipinski definition) is 5. The smallest absolute Gasteiger partial charge is 0.270 e. The molecule has 0 aromatic heterocycles. The first-order chi connectivity index (χ1) is 12.6. The standard InChI is InChI=1S/C19H24N4O3S/c1-10(2)9-22-16-12(4)11(3)7-8-15(16)19(17(22)26)23(14(6)25)21-18(27-19)20-13(5)24/h7-8,10H,9H2,1-6H3,(H,20,21,24). The monoisotopic (exact) mass is 388 g/mol. The number of amidine groups is 1. The van der Waals surface area contributed by atoms with Crippen LogP contribution >= 0.6 is 11.8 Å². The Balaban J connectivity index is 2.21. The average molecular weight is 388 g/mol. The van der Waals surface area contributed by atoms with Crippen molar-refractivity contribution in [3.8, 4) is 0 Å². The summed E-state index contributed by atoms with van der Waals surface area (Å²) < 4.78 is 0. The molecule has 0 saturated carbocycles. The van der Waals surface area contributed by atoms with E-state index >= 15 is 0 Å². The van der Waals surface area contributed by atoms with Gasteiger partial charge >= 0.3 is 0 Å². The number of nitrogens with one attached hydrogen (secondary N) is 1. The highest BCUT2D eigenvalue weighted by atomic mass is 32.2. The largest absolute Gasteiger partial charge is 0.308 e. The summed E-state index contributed by atoms with van der Waals surface area (Å²) in [4.78, 5) is 38.0. The van der Waals surface area contributed by atoms with Crippen LogP contribution in [0, 0.1) is 19.8 Å². The zero-order valence-electron chi connectivity index (χ0n) is 16.4. The van der Waals surface area contributed by atoms with E-state index in [1.165, 1.54) is 18.9 Å². The van der Waals surface area contributed by atoms with Crippen LogP contribution in [0.15, 0.2) is 17.2 Å². The quantitative estimate of drug-likeness (QED) is 0.844. The van der Waals surface area contributed by atoms with Crippen molar-refractivity contribution < 1.29 is 14.4 Å². The number of thioether (sulfide) groups is 1. The molecule has 144 valence electrons. The van der Waals surface area contributed by atoms with E-state index in [1.807, 2.05) is 39.8 Å². The number of benzene rings is 1. The van der Waals surface area contributed by atoms with Gasteiger partial charge < -0.3 is 10.2 Å². The van der Waals surface area contributed by atoms with Crippen molar-refractivity contribution >= 4 is 40.3 Å². The Morgan fingerprint density at radius 1 is 1.26 bits per heavy atom. The maximum absolute atomic E-state index is 13.7. The number of hydrazone groups is 1. The molecule has 2 aliphatic heterocycles. The van der Waals surface area contributed by atoms with Crippen molar-refractivity contribution in [1.82, 2.24) is 10.3 Å². The summed E-state index contributed by atoms with van der Waals surface area (Å²) in [6, 6.07) is 3.85. The molecule has 3 amide bonds. The Morgan fingerprint density at radius 2 is 1.93 bits per heavy atom. The lowest BCUT2D eigenvalue weighted by atomic mass is 10.00. The summed E-state index contributed by atoms with van der Waals surface area (Å²) in [6.07, 6.45) is 0. The Morgan fingerprint density at radius 3 is 2.48 bits per heavy atom. The lowest BCUT2D eigenvalue weighted by Gasteiger charge is -2.29. The first-order valence-electron chi connectivity index (χ1n) is 8.88. The van der Waals surface area contributed by atoms with Crippen LogP contribution in [-0.4, -0.2) is 34.4 Å². The van der Waals surface area contributed by atoms with Gasteiger partial charge in [0.05, 0.1) is 5.69 Å². The molecular weight excluding hydrogens is 364 g/mol. The average Bonchev–Trinajstić information content (AvgIpc) is 3.03. The van der Waals surface area contributed by atoms with Crippen LogP contribution in [0.3, 0.4) is 0 Å². The van der Waals surface area contributed by atoms with Gasteiger partial charge in [0.25, 0.3) is 5.91 Å². The molecular formula is C19H24N4O3S. The SMILES string of the molecule is CC(=O)NC1=NN(C(C)=O)C2(S1)C(=O)N(CC(C)C)c1c2ccc(C)c1C. The molecule has 0 aliphatic carbocycles. The second kappa shape index (κ2) is 6.67. The van der Waals surface area contributed by atoms with Crippen molar-refractivity contribution in [1.29, 1.82) is 0 Å². The number of fused-ring (bicyclic) bond motifs is 2. The minimum absolute atomic E-state index is 0.204. The van der Waals surface area contributed by atoms with E-state index < -0.39 is 4.87 Å². The molecule has 1 N–H and O–H groups in total. The number of aryl methyl sites for hydroxylation is 1. The van der Waals surface area contributed by atoms with E-state index in [-0.39, 0.29) is 28.8 Å². The maximum Gasteiger partial charge on any atom is 0.270 e.